The first-order valence-corrected chi connectivity index (χ1v) is 3.07. The monoisotopic (exact) mass is 151 g/mol. The van der Waals surface area contributed by atoms with E-state index in [-0.39, 0.29) is 11.1 Å². The van der Waals surface area contributed by atoms with Gasteiger partial charge in [0.25, 0.3) is 11.1 Å². The van der Waals surface area contributed by atoms with Crippen molar-refractivity contribution in [3.8, 4) is 0 Å². The number of fused-ring (bicyclic) bond motifs is 1. The van der Waals surface area contributed by atoms with Crippen molar-refractivity contribution in [2.45, 2.75) is 0 Å². The predicted octanol–water partition coefficient (Wildman–Crippen LogP) is -0.456. The highest BCUT2D eigenvalue weighted by atomic mass is 16.1. The molecule has 0 saturated carbocycles. The fourth-order valence-electron chi connectivity index (χ4n) is 0.990. The molecule has 5 nitrogen and oxygen atoms in total. The van der Waals surface area contributed by atoms with Gasteiger partial charge in [0.15, 0.2) is 0 Å². The second-order valence-electron chi connectivity index (χ2n) is 2.17. The molecule has 11 heavy (non-hydrogen) atoms. The smallest absolute Gasteiger partial charge is 0.286 e. The normalized spacial score (nSPS) is 10.5. The fourth-order valence-corrected chi connectivity index (χ4v) is 0.990. The van der Waals surface area contributed by atoms with E-state index in [0.717, 1.165) is 0 Å². The Balaban J connectivity index is 3.21. The maximum atomic E-state index is 10.9. The highest BCUT2D eigenvalue weighted by molar-refractivity contribution is 5.76. The standard InChI is InChI=1S/C6H5N3O2/c10-5-3-1-2-7-4(3)6(11)9-8-5/h1-2,7H,(H,8,10)(H,9,11). The number of aromatic nitrogens is 3. The molecule has 2 aromatic heterocycles. The molecular weight excluding hydrogens is 146 g/mol. The van der Waals surface area contributed by atoms with E-state index in [1.54, 1.807) is 12.3 Å². The lowest BCUT2D eigenvalue weighted by Gasteiger charge is -1.84. The molecule has 0 amide bonds. The Hall–Kier alpha value is -1.78. The van der Waals surface area contributed by atoms with Gasteiger partial charge in [-0.3, -0.25) is 19.8 Å². The van der Waals surface area contributed by atoms with Crippen LogP contribution >= 0.6 is 0 Å². The van der Waals surface area contributed by atoms with Gasteiger partial charge in [0.2, 0.25) is 0 Å². The maximum Gasteiger partial charge on any atom is 0.286 e. The molecule has 0 aromatic carbocycles. The lowest BCUT2D eigenvalue weighted by atomic mass is 10.4. The zero-order valence-corrected chi connectivity index (χ0v) is 5.47. The Morgan fingerprint density at radius 2 is 1.82 bits per heavy atom. The van der Waals surface area contributed by atoms with Crippen molar-refractivity contribution in [3.05, 3.63) is 33.0 Å². The van der Waals surface area contributed by atoms with E-state index < -0.39 is 0 Å². The predicted molar refractivity (Wildman–Crippen MR) is 39.5 cm³/mol. The van der Waals surface area contributed by atoms with E-state index in [1.807, 2.05) is 0 Å². The van der Waals surface area contributed by atoms with Crippen LogP contribution in [0.15, 0.2) is 21.9 Å². The third kappa shape index (κ3) is 0.706. The van der Waals surface area contributed by atoms with Crippen molar-refractivity contribution in [3.63, 3.8) is 0 Å². The van der Waals surface area contributed by atoms with Gasteiger partial charge in [-0.05, 0) is 6.07 Å². The third-order valence-electron chi connectivity index (χ3n) is 1.51. The molecule has 0 unspecified atom stereocenters. The van der Waals surface area contributed by atoms with E-state index in [4.69, 9.17) is 0 Å². The Morgan fingerprint density at radius 3 is 2.55 bits per heavy atom. The number of H-pyrrole nitrogens is 3. The van der Waals surface area contributed by atoms with Crippen LogP contribution in [-0.2, 0) is 0 Å². The van der Waals surface area contributed by atoms with E-state index in [2.05, 4.69) is 15.2 Å². The summed E-state index contributed by atoms with van der Waals surface area (Å²) in [5.41, 5.74) is -0.292. The van der Waals surface area contributed by atoms with Gasteiger partial charge in [0.05, 0.1) is 5.39 Å². The van der Waals surface area contributed by atoms with Gasteiger partial charge in [0, 0.05) is 6.20 Å². The molecule has 0 saturated heterocycles. The lowest BCUT2D eigenvalue weighted by molar-refractivity contribution is 0.974. The zero-order chi connectivity index (χ0) is 7.84. The topological polar surface area (TPSA) is 81.5 Å². The maximum absolute atomic E-state index is 10.9. The summed E-state index contributed by atoms with van der Waals surface area (Å²) in [4.78, 5) is 24.5. The number of rotatable bonds is 0. The van der Waals surface area contributed by atoms with Crippen LogP contribution in [-0.4, -0.2) is 15.2 Å². The number of hydrogen-bond acceptors (Lipinski definition) is 2. The average Bonchev–Trinajstić information content (AvgIpc) is 2.45. The molecule has 0 radical (unpaired) electrons. The van der Waals surface area contributed by atoms with E-state index in [0.29, 0.717) is 10.9 Å². The molecule has 2 heterocycles. The van der Waals surface area contributed by atoms with E-state index >= 15 is 0 Å². The van der Waals surface area contributed by atoms with Crippen molar-refractivity contribution in [2.75, 3.05) is 0 Å². The number of nitrogens with one attached hydrogen (secondary N) is 3. The molecule has 2 rings (SSSR count). The van der Waals surface area contributed by atoms with E-state index in [1.165, 1.54) is 0 Å². The molecule has 0 spiro atoms. The fraction of sp³-hybridized carbons (Fsp3) is 0. The van der Waals surface area contributed by atoms with Crippen LogP contribution in [0.5, 0.6) is 0 Å². The Labute approximate surface area is 60.1 Å². The first-order valence-electron chi connectivity index (χ1n) is 3.07. The van der Waals surface area contributed by atoms with Crippen molar-refractivity contribution in [1.82, 2.24) is 15.2 Å². The Morgan fingerprint density at radius 1 is 1.09 bits per heavy atom. The van der Waals surface area contributed by atoms with Crippen LogP contribution in [0.25, 0.3) is 10.9 Å². The molecule has 0 bridgehead atoms. The van der Waals surface area contributed by atoms with Gasteiger partial charge >= 0.3 is 0 Å². The molecule has 0 aliphatic carbocycles. The van der Waals surface area contributed by atoms with Crippen molar-refractivity contribution in [1.29, 1.82) is 0 Å². The number of hydrogen-bond donors (Lipinski definition) is 3. The van der Waals surface area contributed by atoms with Gasteiger partial charge in [-0.15, -0.1) is 0 Å². The Kier molecular flexibility index (Phi) is 1.00. The SMILES string of the molecule is O=c1[nH][nH]c(=O)c2[nH]ccc12. The first-order chi connectivity index (χ1) is 5.29. The minimum atomic E-state index is -0.315. The molecule has 0 atom stereocenters. The van der Waals surface area contributed by atoms with Crippen LogP contribution in [0.1, 0.15) is 0 Å². The second-order valence-corrected chi connectivity index (χ2v) is 2.17. The minimum absolute atomic E-state index is 0.291. The number of aromatic amines is 3. The molecule has 3 N–H and O–H groups in total. The molecule has 0 aliphatic heterocycles. The molecule has 56 valence electrons. The summed E-state index contributed by atoms with van der Waals surface area (Å²) in [6, 6.07) is 1.56. The highest BCUT2D eigenvalue weighted by Gasteiger charge is 2.00. The molecule has 0 aliphatic rings. The molecular formula is C6H5N3O2. The quantitative estimate of drug-likeness (QED) is 0.476. The van der Waals surface area contributed by atoms with Crippen molar-refractivity contribution >= 4 is 10.9 Å². The highest BCUT2D eigenvalue weighted by Crippen LogP contribution is 1.97. The third-order valence-corrected chi connectivity index (χ3v) is 1.51. The van der Waals surface area contributed by atoms with Crippen molar-refractivity contribution in [2.24, 2.45) is 0 Å². The molecule has 0 fully saturated rings. The summed E-state index contributed by atoms with van der Waals surface area (Å²) in [6.45, 7) is 0. The van der Waals surface area contributed by atoms with E-state index in [9.17, 15) is 9.59 Å². The Bertz CT molecular complexity index is 446. The molecule has 5 heteroatoms. The molecule has 2 aromatic rings. The summed E-state index contributed by atoms with van der Waals surface area (Å²) in [7, 11) is 0. The van der Waals surface area contributed by atoms with Gasteiger partial charge in [-0.1, -0.05) is 0 Å². The summed E-state index contributed by atoms with van der Waals surface area (Å²) in [5, 5.41) is 4.80. The van der Waals surface area contributed by atoms with Crippen LogP contribution in [0, 0.1) is 0 Å². The van der Waals surface area contributed by atoms with Gasteiger partial charge in [-0.2, -0.15) is 0 Å². The van der Waals surface area contributed by atoms with Crippen LogP contribution in [0.3, 0.4) is 0 Å². The van der Waals surface area contributed by atoms with Gasteiger partial charge in [-0.25, -0.2) is 0 Å². The largest absolute Gasteiger partial charge is 0.356 e. The van der Waals surface area contributed by atoms with Gasteiger partial charge in [0.1, 0.15) is 5.52 Å². The van der Waals surface area contributed by atoms with Crippen LogP contribution in [0.4, 0.5) is 0 Å². The van der Waals surface area contributed by atoms with Crippen LogP contribution < -0.4 is 11.1 Å². The summed E-state index contributed by atoms with van der Waals surface area (Å²) < 4.78 is 0. The lowest BCUT2D eigenvalue weighted by Crippen LogP contribution is -2.17. The summed E-state index contributed by atoms with van der Waals surface area (Å²) in [6.07, 6.45) is 1.55. The summed E-state index contributed by atoms with van der Waals surface area (Å²) >= 11 is 0. The van der Waals surface area contributed by atoms with Crippen molar-refractivity contribution < 1.29 is 0 Å². The van der Waals surface area contributed by atoms with Crippen LogP contribution in [0.2, 0.25) is 0 Å². The summed E-state index contributed by atoms with van der Waals surface area (Å²) in [5.74, 6) is 0. The second kappa shape index (κ2) is 1.85. The first kappa shape index (κ1) is 5.96. The minimum Gasteiger partial charge on any atom is -0.356 e. The average molecular weight is 151 g/mol. The zero-order valence-electron chi connectivity index (χ0n) is 5.47. The van der Waals surface area contributed by atoms with Gasteiger partial charge < -0.3 is 4.98 Å².